The molecule has 15 heavy (non-hydrogen) atoms. The molecule has 0 radical (unpaired) electrons. The predicted molar refractivity (Wildman–Crippen MR) is 53.8 cm³/mol. The molecule has 4 nitrogen and oxygen atoms in total. The van der Waals surface area contributed by atoms with Crippen molar-refractivity contribution >= 4 is 11.9 Å². The molecule has 0 bridgehead atoms. The van der Waals surface area contributed by atoms with Gasteiger partial charge in [0.15, 0.2) is 0 Å². The van der Waals surface area contributed by atoms with Crippen LogP contribution in [0, 0.1) is 5.92 Å². The molecule has 0 spiro atoms. The van der Waals surface area contributed by atoms with E-state index in [0.717, 1.165) is 38.0 Å². The molecule has 0 aliphatic heterocycles. The first-order valence-corrected chi connectivity index (χ1v) is 5.28. The van der Waals surface area contributed by atoms with E-state index in [-0.39, 0.29) is 11.9 Å². The lowest BCUT2D eigenvalue weighted by Crippen LogP contribution is -2.04. The molecule has 4 heteroatoms. The summed E-state index contributed by atoms with van der Waals surface area (Å²) in [5.41, 5.74) is 0. The van der Waals surface area contributed by atoms with Crippen molar-refractivity contribution in [3.63, 3.8) is 0 Å². The van der Waals surface area contributed by atoms with Crippen LogP contribution in [0.25, 0.3) is 0 Å². The average Bonchev–Trinajstić information content (AvgIpc) is 3.01. The molecule has 0 N–H and O–H groups in total. The number of unbranched alkanes of at least 4 members (excludes halogenated alkanes) is 1. The van der Waals surface area contributed by atoms with Gasteiger partial charge in [0, 0.05) is 0 Å². The van der Waals surface area contributed by atoms with Gasteiger partial charge in [-0.15, -0.1) is 0 Å². The van der Waals surface area contributed by atoms with Gasteiger partial charge in [0.1, 0.15) is 6.26 Å². The molecule has 0 saturated heterocycles. The van der Waals surface area contributed by atoms with Crippen LogP contribution >= 0.6 is 0 Å². The van der Waals surface area contributed by atoms with Crippen molar-refractivity contribution in [1.29, 1.82) is 0 Å². The number of rotatable bonds is 6. The Bertz CT molecular complexity index is 253. The van der Waals surface area contributed by atoms with E-state index >= 15 is 0 Å². The highest BCUT2D eigenvalue weighted by molar-refractivity contribution is 5.82. The summed E-state index contributed by atoms with van der Waals surface area (Å²) in [5.74, 6) is -0.676. The van der Waals surface area contributed by atoms with Crippen molar-refractivity contribution in [1.82, 2.24) is 0 Å². The minimum atomic E-state index is -0.466. The van der Waals surface area contributed by atoms with Gasteiger partial charge in [0.05, 0.1) is 18.6 Å². The largest absolute Gasteiger partial charge is 0.462 e. The summed E-state index contributed by atoms with van der Waals surface area (Å²) in [6, 6.07) is 0. The van der Waals surface area contributed by atoms with Crippen molar-refractivity contribution in [2.75, 3.05) is 6.61 Å². The van der Waals surface area contributed by atoms with E-state index in [1.807, 2.05) is 6.92 Å². The Morgan fingerprint density at radius 2 is 2.13 bits per heavy atom. The minimum absolute atomic E-state index is 0.0470. The zero-order chi connectivity index (χ0) is 11.1. The fourth-order valence-corrected chi connectivity index (χ4v) is 0.937. The first kappa shape index (κ1) is 11.8. The maximum Gasteiger partial charge on any atom is 0.333 e. The number of hydrogen-bond acceptors (Lipinski definition) is 4. The number of hydrogen-bond donors (Lipinski definition) is 0. The van der Waals surface area contributed by atoms with Crippen LogP contribution in [0.1, 0.15) is 32.6 Å². The van der Waals surface area contributed by atoms with E-state index < -0.39 is 5.97 Å². The van der Waals surface area contributed by atoms with Crippen molar-refractivity contribution in [3.8, 4) is 0 Å². The molecular formula is C11H16O4. The highest BCUT2D eigenvalue weighted by atomic mass is 16.5. The molecule has 1 aliphatic rings. The number of carbonyl (C=O) groups excluding carboxylic acids is 2. The second-order valence-electron chi connectivity index (χ2n) is 3.53. The summed E-state index contributed by atoms with van der Waals surface area (Å²) in [7, 11) is 0. The summed E-state index contributed by atoms with van der Waals surface area (Å²) < 4.78 is 9.55. The van der Waals surface area contributed by atoms with E-state index in [0.29, 0.717) is 6.61 Å². The molecule has 0 aromatic heterocycles. The number of esters is 2. The molecule has 84 valence electrons. The van der Waals surface area contributed by atoms with E-state index in [4.69, 9.17) is 9.47 Å². The van der Waals surface area contributed by atoms with Crippen LogP contribution in [0.3, 0.4) is 0 Å². The fourth-order valence-electron chi connectivity index (χ4n) is 0.937. The topological polar surface area (TPSA) is 52.6 Å². The van der Waals surface area contributed by atoms with Crippen LogP contribution < -0.4 is 0 Å². The molecule has 0 heterocycles. The molecule has 0 atom stereocenters. The van der Waals surface area contributed by atoms with Gasteiger partial charge < -0.3 is 9.47 Å². The Kier molecular flexibility index (Phi) is 4.87. The number of carbonyl (C=O) groups is 2. The van der Waals surface area contributed by atoms with Gasteiger partial charge in [0.2, 0.25) is 0 Å². The Morgan fingerprint density at radius 3 is 2.73 bits per heavy atom. The van der Waals surface area contributed by atoms with Crippen LogP contribution in [-0.2, 0) is 19.1 Å². The summed E-state index contributed by atoms with van der Waals surface area (Å²) in [6.45, 7) is 2.43. The quantitative estimate of drug-likeness (QED) is 0.291. The zero-order valence-corrected chi connectivity index (χ0v) is 8.90. The van der Waals surface area contributed by atoms with Gasteiger partial charge in [-0.05, 0) is 19.3 Å². The van der Waals surface area contributed by atoms with Crippen LogP contribution in [0.5, 0.6) is 0 Å². The van der Waals surface area contributed by atoms with Crippen LogP contribution in [0.15, 0.2) is 12.3 Å². The second-order valence-corrected chi connectivity index (χ2v) is 3.53. The van der Waals surface area contributed by atoms with Crippen molar-refractivity contribution in [3.05, 3.63) is 12.3 Å². The molecule has 1 rings (SSSR count). The third-order valence-electron chi connectivity index (χ3n) is 2.04. The molecule has 0 amide bonds. The smallest absolute Gasteiger partial charge is 0.333 e. The van der Waals surface area contributed by atoms with E-state index in [1.54, 1.807) is 0 Å². The third-order valence-corrected chi connectivity index (χ3v) is 2.04. The van der Waals surface area contributed by atoms with Crippen molar-refractivity contribution < 1.29 is 19.1 Å². The molecule has 1 saturated carbocycles. The predicted octanol–water partition coefficient (Wildman–Crippen LogP) is 1.80. The molecule has 0 aromatic rings. The lowest BCUT2D eigenvalue weighted by Gasteiger charge is -1.99. The SMILES string of the molecule is CCCCOC(=O)/C=C/OC(=O)C1CC1. The summed E-state index contributed by atoms with van der Waals surface area (Å²) in [5, 5.41) is 0. The Hall–Kier alpha value is -1.32. The third kappa shape index (κ3) is 5.20. The van der Waals surface area contributed by atoms with Crippen molar-refractivity contribution in [2.45, 2.75) is 32.6 Å². The maximum absolute atomic E-state index is 11.0. The summed E-state index contributed by atoms with van der Waals surface area (Å²) >= 11 is 0. The minimum Gasteiger partial charge on any atom is -0.462 e. The van der Waals surface area contributed by atoms with Crippen LogP contribution in [0.4, 0.5) is 0 Å². The molecular weight excluding hydrogens is 196 g/mol. The average molecular weight is 212 g/mol. The van der Waals surface area contributed by atoms with Crippen LogP contribution in [0.2, 0.25) is 0 Å². The van der Waals surface area contributed by atoms with Gasteiger partial charge in [-0.3, -0.25) is 4.79 Å². The molecule has 1 fully saturated rings. The fraction of sp³-hybridized carbons (Fsp3) is 0.636. The standard InChI is InChI=1S/C11H16O4/c1-2-3-7-14-10(12)6-8-15-11(13)9-4-5-9/h6,8-9H,2-5,7H2,1H3/b8-6+. The normalized spacial score (nSPS) is 15.3. The van der Waals surface area contributed by atoms with Gasteiger partial charge in [-0.2, -0.15) is 0 Å². The van der Waals surface area contributed by atoms with Gasteiger partial charge >= 0.3 is 11.9 Å². The highest BCUT2D eigenvalue weighted by Gasteiger charge is 2.30. The second kappa shape index (κ2) is 6.22. The van der Waals surface area contributed by atoms with E-state index in [1.165, 1.54) is 0 Å². The lowest BCUT2D eigenvalue weighted by molar-refractivity contribution is -0.140. The van der Waals surface area contributed by atoms with Gasteiger partial charge in [-0.1, -0.05) is 13.3 Å². The first-order valence-electron chi connectivity index (χ1n) is 5.28. The summed E-state index contributed by atoms with van der Waals surface area (Å²) in [6.07, 6.45) is 5.86. The Labute approximate surface area is 89.2 Å². The Morgan fingerprint density at radius 1 is 1.40 bits per heavy atom. The van der Waals surface area contributed by atoms with Crippen LogP contribution in [-0.4, -0.2) is 18.5 Å². The first-order chi connectivity index (χ1) is 7.24. The number of ether oxygens (including phenoxy) is 2. The van der Waals surface area contributed by atoms with E-state index in [2.05, 4.69) is 0 Å². The van der Waals surface area contributed by atoms with Gasteiger partial charge in [0.25, 0.3) is 0 Å². The maximum atomic E-state index is 11.0. The Balaban J connectivity index is 2.07. The molecule has 1 aliphatic carbocycles. The van der Waals surface area contributed by atoms with E-state index in [9.17, 15) is 9.59 Å². The lowest BCUT2D eigenvalue weighted by atomic mass is 10.4. The molecule has 0 aromatic carbocycles. The van der Waals surface area contributed by atoms with Crippen molar-refractivity contribution in [2.24, 2.45) is 5.92 Å². The highest BCUT2D eigenvalue weighted by Crippen LogP contribution is 2.30. The monoisotopic (exact) mass is 212 g/mol. The summed E-state index contributed by atoms with van der Waals surface area (Å²) in [4.78, 5) is 22.0. The zero-order valence-electron chi connectivity index (χ0n) is 8.90. The van der Waals surface area contributed by atoms with Gasteiger partial charge in [-0.25, -0.2) is 4.79 Å². The molecule has 0 unspecified atom stereocenters.